The van der Waals surface area contributed by atoms with Gasteiger partial charge in [-0.1, -0.05) is 0 Å². The predicted molar refractivity (Wildman–Crippen MR) is 99.8 cm³/mol. The molecule has 0 aromatic heterocycles. The van der Waals surface area contributed by atoms with E-state index in [1.165, 1.54) is 12.1 Å². The van der Waals surface area contributed by atoms with E-state index in [0.717, 1.165) is 25.0 Å². The summed E-state index contributed by atoms with van der Waals surface area (Å²) in [5, 5.41) is 1.75. The minimum absolute atomic E-state index is 0.184. The molecule has 1 amide bonds. The summed E-state index contributed by atoms with van der Waals surface area (Å²) in [5.74, 6) is -0.217. The van der Waals surface area contributed by atoms with E-state index in [2.05, 4.69) is 5.43 Å². The first-order chi connectivity index (χ1) is 13.4. The molecular weight excluding hydrogens is 389 g/mol. The summed E-state index contributed by atoms with van der Waals surface area (Å²) < 4.78 is 48.1. The van der Waals surface area contributed by atoms with Gasteiger partial charge < -0.3 is 9.47 Å². The summed E-state index contributed by atoms with van der Waals surface area (Å²) in [5.41, 5.74) is 1.43. The Bertz CT molecular complexity index is 691. The fourth-order valence-electron chi connectivity index (χ4n) is 2.97. The average Bonchev–Trinajstić information content (AvgIpc) is 2.59. The number of nitrogens with zero attached hydrogens (tertiary/aromatic N) is 1. The van der Waals surface area contributed by atoms with Crippen LogP contribution in [0.3, 0.4) is 0 Å². The SMILES string of the molecule is CC(C)(C)OC(=O)CC1CCN(NC(=O)COc2ccc(C(F)(F)F)cc2)CC1. The zero-order valence-electron chi connectivity index (χ0n) is 16.8. The van der Waals surface area contributed by atoms with Crippen LogP contribution in [-0.4, -0.2) is 42.2 Å². The quantitative estimate of drug-likeness (QED) is 0.719. The Morgan fingerprint density at radius 1 is 1.10 bits per heavy atom. The molecular formula is C20H27F3N2O4. The molecule has 0 aliphatic carbocycles. The van der Waals surface area contributed by atoms with Crippen LogP contribution in [0.15, 0.2) is 24.3 Å². The van der Waals surface area contributed by atoms with Gasteiger partial charge in [-0.25, -0.2) is 5.01 Å². The maximum absolute atomic E-state index is 12.5. The fraction of sp³-hybridized carbons (Fsp3) is 0.600. The van der Waals surface area contributed by atoms with Crippen molar-refractivity contribution in [3.63, 3.8) is 0 Å². The Morgan fingerprint density at radius 3 is 2.21 bits per heavy atom. The topological polar surface area (TPSA) is 67.9 Å². The molecule has 1 heterocycles. The fourth-order valence-corrected chi connectivity index (χ4v) is 2.97. The molecule has 9 heteroatoms. The molecule has 0 radical (unpaired) electrons. The highest BCUT2D eigenvalue weighted by molar-refractivity contribution is 5.77. The monoisotopic (exact) mass is 416 g/mol. The van der Waals surface area contributed by atoms with Gasteiger partial charge in [-0.2, -0.15) is 13.2 Å². The van der Waals surface area contributed by atoms with Crippen molar-refractivity contribution in [2.45, 2.75) is 51.8 Å². The Morgan fingerprint density at radius 2 is 1.69 bits per heavy atom. The highest BCUT2D eigenvalue weighted by Gasteiger charge is 2.30. The number of carbonyl (C=O) groups excluding carboxylic acids is 2. The number of hydrazine groups is 1. The van der Waals surface area contributed by atoms with Crippen molar-refractivity contribution < 1.29 is 32.2 Å². The molecule has 2 rings (SSSR count). The van der Waals surface area contributed by atoms with E-state index in [1.807, 2.05) is 20.8 Å². The van der Waals surface area contributed by atoms with Crippen molar-refractivity contribution in [1.29, 1.82) is 0 Å². The summed E-state index contributed by atoms with van der Waals surface area (Å²) in [6.45, 7) is 6.38. The van der Waals surface area contributed by atoms with Gasteiger partial charge in [-0.3, -0.25) is 15.0 Å². The zero-order valence-corrected chi connectivity index (χ0v) is 16.8. The van der Waals surface area contributed by atoms with Crippen molar-refractivity contribution in [2.24, 2.45) is 5.92 Å². The van der Waals surface area contributed by atoms with E-state index < -0.39 is 23.2 Å². The van der Waals surface area contributed by atoms with E-state index in [4.69, 9.17) is 9.47 Å². The van der Waals surface area contributed by atoms with Crippen LogP contribution in [-0.2, 0) is 20.5 Å². The van der Waals surface area contributed by atoms with Crippen molar-refractivity contribution in [1.82, 2.24) is 10.4 Å². The van der Waals surface area contributed by atoms with Crippen LogP contribution in [0, 0.1) is 5.92 Å². The lowest BCUT2D eigenvalue weighted by Crippen LogP contribution is -2.48. The number of halogens is 3. The van der Waals surface area contributed by atoms with Crippen LogP contribution >= 0.6 is 0 Å². The lowest BCUT2D eigenvalue weighted by molar-refractivity contribution is -0.156. The molecule has 162 valence electrons. The van der Waals surface area contributed by atoms with E-state index in [0.29, 0.717) is 19.5 Å². The van der Waals surface area contributed by atoms with Gasteiger partial charge >= 0.3 is 12.1 Å². The molecule has 1 aliphatic heterocycles. The van der Waals surface area contributed by atoms with Crippen LogP contribution < -0.4 is 10.2 Å². The second-order valence-electron chi connectivity index (χ2n) is 8.07. The van der Waals surface area contributed by atoms with Gasteiger partial charge in [0.2, 0.25) is 0 Å². The number of piperidine rings is 1. The van der Waals surface area contributed by atoms with Crippen LogP contribution in [0.1, 0.15) is 45.6 Å². The standard InChI is InChI=1S/C20H27F3N2O4/c1-19(2,3)29-18(27)12-14-8-10-25(11-9-14)24-17(26)13-28-16-6-4-15(5-7-16)20(21,22)23/h4-7,14H,8-13H2,1-3H3,(H,24,26). The molecule has 0 spiro atoms. The van der Waals surface area contributed by atoms with Crippen LogP contribution in [0.2, 0.25) is 0 Å². The number of alkyl halides is 3. The first kappa shape index (κ1) is 23.0. The Hall–Kier alpha value is -2.29. The number of hydrogen-bond donors (Lipinski definition) is 1. The van der Waals surface area contributed by atoms with Crippen LogP contribution in [0.4, 0.5) is 13.2 Å². The number of rotatable bonds is 6. The second-order valence-corrected chi connectivity index (χ2v) is 8.07. The van der Waals surface area contributed by atoms with Gasteiger partial charge in [0.25, 0.3) is 5.91 Å². The number of amides is 1. The predicted octanol–water partition coefficient (Wildman–Crippen LogP) is 3.56. The van der Waals surface area contributed by atoms with Gasteiger partial charge in [-0.15, -0.1) is 0 Å². The number of carbonyl (C=O) groups is 2. The summed E-state index contributed by atoms with van der Waals surface area (Å²) in [6.07, 6.45) is -2.56. The maximum Gasteiger partial charge on any atom is 0.416 e. The lowest BCUT2D eigenvalue weighted by Gasteiger charge is -2.32. The molecule has 0 bridgehead atoms. The highest BCUT2D eigenvalue weighted by atomic mass is 19.4. The summed E-state index contributed by atoms with van der Waals surface area (Å²) in [7, 11) is 0. The Kier molecular flexibility index (Phi) is 7.51. The van der Waals surface area contributed by atoms with Gasteiger partial charge in [0.05, 0.1) is 5.56 Å². The molecule has 0 atom stereocenters. The summed E-state index contributed by atoms with van der Waals surface area (Å²) in [6, 6.07) is 4.17. The number of nitrogens with one attached hydrogen (secondary N) is 1. The van der Waals surface area contributed by atoms with Gasteiger partial charge in [0, 0.05) is 19.5 Å². The van der Waals surface area contributed by atoms with Gasteiger partial charge in [-0.05, 0) is 63.8 Å². The minimum atomic E-state index is -4.41. The molecule has 29 heavy (non-hydrogen) atoms. The van der Waals surface area contributed by atoms with Crippen molar-refractivity contribution >= 4 is 11.9 Å². The van der Waals surface area contributed by atoms with Gasteiger partial charge in [0.15, 0.2) is 6.61 Å². The first-order valence-corrected chi connectivity index (χ1v) is 9.49. The summed E-state index contributed by atoms with van der Waals surface area (Å²) in [4.78, 5) is 23.9. The average molecular weight is 416 g/mol. The molecule has 1 N–H and O–H groups in total. The summed E-state index contributed by atoms with van der Waals surface area (Å²) >= 11 is 0. The third-order valence-electron chi connectivity index (χ3n) is 4.32. The smallest absolute Gasteiger partial charge is 0.416 e. The molecule has 0 saturated carbocycles. The Balaban J connectivity index is 1.68. The molecule has 6 nitrogen and oxygen atoms in total. The van der Waals surface area contributed by atoms with E-state index in [-0.39, 0.29) is 24.2 Å². The molecule has 1 aromatic carbocycles. The molecule has 1 fully saturated rings. The molecule has 1 aromatic rings. The minimum Gasteiger partial charge on any atom is -0.484 e. The molecule has 0 unspecified atom stereocenters. The maximum atomic E-state index is 12.5. The van der Waals surface area contributed by atoms with E-state index in [9.17, 15) is 22.8 Å². The number of ether oxygens (including phenoxy) is 2. The molecule has 1 saturated heterocycles. The van der Waals surface area contributed by atoms with E-state index >= 15 is 0 Å². The van der Waals surface area contributed by atoms with Crippen molar-refractivity contribution in [3.8, 4) is 5.75 Å². The van der Waals surface area contributed by atoms with Crippen LogP contribution in [0.25, 0.3) is 0 Å². The molecule has 1 aliphatic rings. The van der Waals surface area contributed by atoms with Gasteiger partial charge in [0.1, 0.15) is 11.4 Å². The highest BCUT2D eigenvalue weighted by Crippen LogP contribution is 2.30. The van der Waals surface area contributed by atoms with E-state index in [1.54, 1.807) is 5.01 Å². The van der Waals surface area contributed by atoms with Crippen LogP contribution in [0.5, 0.6) is 5.75 Å². The second kappa shape index (κ2) is 9.47. The number of hydrogen-bond acceptors (Lipinski definition) is 5. The lowest BCUT2D eigenvalue weighted by atomic mass is 9.94. The number of benzene rings is 1. The first-order valence-electron chi connectivity index (χ1n) is 9.49. The largest absolute Gasteiger partial charge is 0.484 e. The number of esters is 1. The third kappa shape index (κ3) is 8.31. The Labute approximate surface area is 168 Å². The van der Waals surface area contributed by atoms with Crippen molar-refractivity contribution in [2.75, 3.05) is 19.7 Å². The normalized spacial score (nSPS) is 16.3. The third-order valence-corrected chi connectivity index (χ3v) is 4.32. The zero-order chi connectivity index (χ0) is 21.7. The van der Waals surface area contributed by atoms with Crippen molar-refractivity contribution in [3.05, 3.63) is 29.8 Å².